The number of rotatable bonds is 5. The summed E-state index contributed by atoms with van der Waals surface area (Å²) in [5, 5.41) is 14.2. The van der Waals surface area contributed by atoms with Crippen LogP contribution in [0.2, 0.25) is 10.0 Å². The van der Waals surface area contributed by atoms with Gasteiger partial charge in [-0.15, -0.1) is 11.3 Å². The monoisotopic (exact) mass is 398 g/mol. The maximum Gasteiger partial charge on any atom is 0.216 e. The Labute approximate surface area is 157 Å². The first kappa shape index (κ1) is 17.2. The van der Waals surface area contributed by atoms with E-state index in [1.807, 2.05) is 17.5 Å². The normalized spacial score (nSPS) is 11.3. The van der Waals surface area contributed by atoms with E-state index in [-0.39, 0.29) is 0 Å². The summed E-state index contributed by atoms with van der Waals surface area (Å²) in [6.07, 6.45) is 2.27. The number of halogens is 2. The van der Waals surface area contributed by atoms with Crippen molar-refractivity contribution in [1.82, 2.24) is 14.9 Å². The SMILES string of the molecule is COc1c(Cl)cc(/C=N\n2c(Cc3cccs3)n[nH]c2=S)cc1Cl. The average Bonchev–Trinajstić information content (AvgIpc) is 3.16. The van der Waals surface area contributed by atoms with Gasteiger partial charge in [-0.1, -0.05) is 29.3 Å². The fourth-order valence-corrected chi connectivity index (χ4v) is 3.66. The number of hydrogen-bond donors (Lipinski definition) is 1. The van der Waals surface area contributed by atoms with E-state index in [2.05, 4.69) is 15.3 Å². The van der Waals surface area contributed by atoms with E-state index in [1.165, 1.54) is 12.0 Å². The Morgan fingerprint density at radius 2 is 2.17 bits per heavy atom. The first-order valence-electron chi connectivity index (χ1n) is 6.84. The first-order chi connectivity index (χ1) is 11.6. The highest BCUT2D eigenvalue weighted by molar-refractivity contribution is 7.71. The number of aromatic nitrogens is 3. The van der Waals surface area contributed by atoms with Gasteiger partial charge in [-0.05, 0) is 41.4 Å². The Hall–Kier alpha value is -1.67. The molecule has 0 unspecified atom stereocenters. The number of nitrogens with zero attached hydrogens (tertiary/aromatic N) is 3. The largest absolute Gasteiger partial charge is 0.494 e. The zero-order valence-electron chi connectivity index (χ0n) is 12.5. The summed E-state index contributed by atoms with van der Waals surface area (Å²) < 4.78 is 7.14. The predicted octanol–water partition coefficient (Wildman–Crippen LogP) is 4.79. The van der Waals surface area contributed by atoms with E-state index in [4.69, 9.17) is 40.2 Å². The molecule has 124 valence electrons. The van der Waals surface area contributed by atoms with Gasteiger partial charge < -0.3 is 4.74 Å². The van der Waals surface area contributed by atoms with Crippen LogP contribution in [0.1, 0.15) is 16.3 Å². The molecule has 0 fully saturated rings. The molecule has 24 heavy (non-hydrogen) atoms. The molecule has 9 heteroatoms. The molecule has 2 heterocycles. The van der Waals surface area contributed by atoms with Gasteiger partial charge in [-0.2, -0.15) is 14.9 Å². The lowest BCUT2D eigenvalue weighted by Crippen LogP contribution is -1.99. The molecule has 0 amide bonds. The highest BCUT2D eigenvalue weighted by Crippen LogP contribution is 2.33. The van der Waals surface area contributed by atoms with Crippen molar-refractivity contribution in [2.45, 2.75) is 6.42 Å². The first-order valence-corrected chi connectivity index (χ1v) is 8.89. The Bertz CT molecular complexity index is 908. The van der Waals surface area contributed by atoms with E-state index in [0.717, 1.165) is 11.4 Å². The molecule has 3 rings (SSSR count). The molecule has 0 aliphatic carbocycles. The molecule has 2 aromatic heterocycles. The molecular formula is C15H12Cl2N4OS2. The number of hydrogen-bond acceptors (Lipinski definition) is 5. The zero-order valence-corrected chi connectivity index (χ0v) is 15.6. The minimum absolute atomic E-state index is 0.418. The van der Waals surface area contributed by atoms with Crippen LogP contribution in [-0.4, -0.2) is 28.2 Å². The fraction of sp³-hybridized carbons (Fsp3) is 0.133. The molecule has 0 saturated carbocycles. The topological polar surface area (TPSA) is 55.2 Å². The van der Waals surface area contributed by atoms with Crippen LogP contribution in [-0.2, 0) is 6.42 Å². The summed E-state index contributed by atoms with van der Waals surface area (Å²) in [5.41, 5.74) is 0.732. The van der Waals surface area contributed by atoms with E-state index in [1.54, 1.807) is 34.4 Å². The van der Waals surface area contributed by atoms with Crippen molar-refractivity contribution < 1.29 is 4.74 Å². The second kappa shape index (κ2) is 7.48. The van der Waals surface area contributed by atoms with E-state index in [0.29, 0.717) is 27.0 Å². The molecule has 0 spiro atoms. The third-order valence-electron chi connectivity index (χ3n) is 3.18. The van der Waals surface area contributed by atoms with Gasteiger partial charge in [0.05, 0.1) is 23.4 Å². The maximum absolute atomic E-state index is 6.14. The Morgan fingerprint density at radius 1 is 1.42 bits per heavy atom. The Balaban J connectivity index is 1.90. The van der Waals surface area contributed by atoms with Crippen molar-refractivity contribution in [3.63, 3.8) is 0 Å². The predicted molar refractivity (Wildman–Crippen MR) is 101 cm³/mol. The lowest BCUT2D eigenvalue weighted by Gasteiger charge is -2.06. The molecule has 0 aliphatic rings. The third-order valence-corrected chi connectivity index (χ3v) is 4.88. The molecule has 1 N–H and O–H groups in total. The van der Waals surface area contributed by atoms with Crippen LogP contribution in [0.15, 0.2) is 34.7 Å². The summed E-state index contributed by atoms with van der Waals surface area (Å²) in [6.45, 7) is 0. The molecule has 0 atom stereocenters. The number of methoxy groups -OCH3 is 1. The highest BCUT2D eigenvalue weighted by Gasteiger charge is 2.09. The number of benzene rings is 1. The third kappa shape index (κ3) is 3.70. The van der Waals surface area contributed by atoms with E-state index >= 15 is 0 Å². The second-order valence-electron chi connectivity index (χ2n) is 4.78. The molecule has 0 aliphatic heterocycles. The summed E-state index contributed by atoms with van der Waals surface area (Å²) in [6, 6.07) is 7.48. The van der Waals surface area contributed by atoms with Gasteiger partial charge in [-0.25, -0.2) is 0 Å². The van der Waals surface area contributed by atoms with Crippen LogP contribution in [0.4, 0.5) is 0 Å². The number of H-pyrrole nitrogens is 1. The van der Waals surface area contributed by atoms with Gasteiger partial charge in [-0.3, -0.25) is 5.10 Å². The quantitative estimate of drug-likeness (QED) is 0.496. The van der Waals surface area contributed by atoms with Gasteiger partial charge in [0, 0.05) is 11.3 Å². The highest BCUT2D eigenvalue weighted by atomic mass is 35.5. The number of aromatic amines is 1. The van der Waals surface area contributed by atoms with Gasteiger partial charge in [0.15, 0.2) is 11.6 Å². The molecule has 3 aromatic rings. The summed E-state index contributed by atoms with van der Waals surface area (Å²) in [5.74, 6) is 1.16. The van der Waals surface area contributed by atoms with Crippen LogP contribution >= 0.6 is 46.8 Å². The Morgan fingerprint density at radius 3 is 2.79 bits per heavy atom. The van der Waals surface area contributed by atoms with Crippen molar-refractivity contribution in [3.05, 3.63) is 60.7 Å². The van der Waals surface area contributed by atoms with Crippen LogP contribution in [0.3, 0.4) is 0 Å². The van der Waals surface area contributed by atoms with Crippen molar-refractivity contribution in [1.29, 1.82) is 0 Å². The van der Waals surface area contributed by atoms with Gasteiger partial charge in [0.1, 0.15) is 0 Å². The second-order valence-corrected chi connectivity index (χ2v) is 7.01. The van der Waals surface area contributed by atoms with Gasteiger partial charge in [0.2, 0.25) is 4.77 Å². The lowest BCUT2D eigenvalue weighted by atomic mass is 10.2. The van der Waals surface area contributed by atoms with Crippen molar-refractivity contribution in [2.75, 3.05) is 7.11 Å². The number of thiophene rings is 1. The van der Waals surface area contributed by atoms with Crippen molar-refractivity contribution >= 4 is 53.0 Å². The summed E-state index contributed by atoms with van der Waals surface area (Å²) >= 11 is 19.2. The zero-order chi connectivity index (χ0) is 17.1. The van der Waals surface area contributed by atoms with Gasteiger partial charge in [0.25, 0.3) is 0 Å². The number of nitrogens with one attached hydrogen (secondary N) is 1. The molecular weight excluding hydrogens is 387 g/mol. The lowest BCUT2D eigenvalue weighted by molar-refractivity contribution is 0.415. The van der Waals surface area contributed by atoms with E-state index in [9.17, 15) is 0 Å². The van der Waals surface area contributed by atoms with E-state index < -0.39 is 0 Å². The van der Waals surface area contributed by atoms with Crippen LogP contribution < -0.4 is 4.74 Å². The Kier molecular flexibility index (Phi) is 5.35. The smallest absolute Gasteiger partial charge is 0.216 e. The average molecular weight is 399 g/mol. The number of ether oxygens (including phenoxy) is 1. The summed E-state index contributed by atoms with van der Waals surface area (Å²) in [7, 11) is 1.52. The molecule has 0 bridgehead atoms. The molecule has 1 aromatic carbocycles. The molecule has 0 radical (unpaired) electrons. The summed E-state index contributed by atoms with van der Waals surface area (Å²) in [4.78, 5) is 1.18. The van der Waals surface area contributed by atoms with Crippen LogP contribution in [0, 0.1) is 4.77 Å². The fourth-order valence-electron chi connectivity index (χ4n) is 2.10. The maximum atomic E-state index is 6.14. The minimum Gasteiger partial charge on any atom is -0.494 e. The van der Waals surface area contributed by atoms with Crippen molar-refractivity contribution in [2.24, 2.45) is 5.10 Å². The minimum atomic E-state index is 0.418. The van der Waals surface area contributed by atoms with Gasteiger partial charge >= 0.3 is 0 Å². The molecule has 0 saturated heterocycles. The molecule has 5 nitrogen and oxygen atoms in total. The van der Waals surface area contributed by atoms with Crippen molar-refractivity contribution in [3.8, 4) is 5.75 Å². The van der Waals surface area contributed by atoms with Crippen LogP contribution in [0.25, 0.3) is 0 Å². The van der Waals surface area contributed by atoms with Crippen LogP contribution in [0.5, 0.6) is 5.75 Å². The standard InChI is InChI=1S/C15H12Cl2N4OS2/c1-22-14-11(16)5-9(6-12(14)17)8-18-21-13(19-20-15(21)23)7-10-3-2-4-24-10/h2-6,8H,7H2,1H3,(H,20,23)/b18-8-.